The summed E-state index contributed by atoms with van der Waals surface area (Å²) in [7, 11) is 0. The van der Waals surface area contributed by atoms with Crippen molar-refractivity contribution in [3.63, 3.8) is 0 Å². The zero-order valence-electron chi connectivity index (χ0n) is 8.17. The molecule has 4 saturated carbocycles. The molecule has 2 unspecified atom stereocenters. The molecule has 4 rings (SSSR count). The van der Waals surface area contributed by atoms with Crippen LogP contribution in [0.2, 0.25) is 0 Å². The van der Waals surface area contributed by atoms with Crippen molar-refractivity contribution in [3.8, 4) is 12.3 Å². The molecule has 0 aromatic heterocycles. The number of terminal acetylenes is 1. The van der Waals surface area contributed by atoms with Crippen molar-refractivity contribution in [3.05, 3.63) is 0 Å². The van der Waals surface area contributed by atoms with Crippen LogP contribution in [0.4, 0.5) is 0 Å². The second kappa shape index (κ2) is 2.49. The number of hydrogen-bond acceptors (Lipinski definition) is 1. The lowest BCUT2D eigenvalue weighted by Crippen LogP contribution is -2.61. The van der Waals surface area contributed by atoms with Crippen LogP contribution in [0, 0.1) is 30.1 Å². The first-order chi connectivity index (χ1) is 6.56. The first-order valence-electron chi connectivity index (χ1n) is 5.45. The van der Waals surface area contributed by atoms with Gasteiger partial charge in [-0.3, -0.25) is 0 Å². The van der Waals surface area contributed by atoms with E-state index in [0.29, 0.717) is 0 Å². The number of aliphatic hydroxyl groups is 1. The molecule has 0 radical (unpaired) electrons. The van der Waals surface area contributed by atoms with E-state index in [1.54, 1.807) is 0 Å². The lowest BCUT2D eigenvalue weighted by molar-refractivity contribution is -0.129. The fraction of sp³-hybridized carbons (Fsp3) is 0.833. The van der Waals surface area contributed by atoms with Gasteiger partial charge in [-0.2, -0.15) is 0 Å². The SMILES string of the molecule is C#CC1(O)C2CC3CC1CC(Cl)(C3)C2. The van der Waals surface area contributed by atoms with Crippen LogP contribution in [-0.4, -0.2) is 15.6 Å². The van der Waals surface area contributed by atoms with E-state index in [-0.39, 0.29) is 16.7 Å². The van der Waals surface area contributed by atoms with Crippen LogP contribution in [0.3, 0.4) is 0 Å². The smallest absolute Gasteiger partial charge is 0.130 e. The van der Waals surface area contributed by atoms with Crippen LogP contribution in [0.15, 0.2) is 0 Å². The highest BCUT2D eigenvalue weighted by Crippen LogP contribution is 2.61. The Morgan fingerprint density at radius 3 is 2.21 bits per heavy atom. The number of hydrogen-bond donors (Lipinski definition) is 1. The number of halogens is 1. The van der Waals surface area contributed by atoms with Crippen LogP contribution in [0.5, 0.6) is 0 Å². The molecule has 4 aliphatic rings. The van der Waals surface area contributed by atoms with Crippen molar-refractivity contribution in [2.24, 2.45) is 17.8 Å². The predicted octanol–water partition coefficient (Wildman–Crippen LogP) is 2.17. The van der Waals surface area contributed by atoms with E-state index in [2.05, 4.69) is 5.92 Å². The van der Waals surface area contributed by atoms with Gasteiger partial charge in [-0.05, 0) is 38.0 Å². The molecule has 0 aromatic carbocycles. The minimum Gasteiger partial charge on any atom is -0.377 e. The number of rotatable bonds is 0. The van der Waals surface area contributed by atoms with Gasteiger partial charge in [0.05, 0.1) is 0 Å². The summed E-state index contributed by atoms with van der Waals surface area (Å²) < 4.78 is 0. The maximum absolute atomic E-state index is 10.4. The molecule has 4 fully saturated rings. The van der Waals surface area contributed by atoms with Crippen molar-refractivity contribution < 1.29 is 5.11 Å². The summed E-state index contributed by atoms with van der Waals surface area (Å²) in [6.07, 6.45) is 10.6. The van der Waals surface area contributed by atoms with Gasteiger partial charge in [0.25, 0.3) is 0 Å². The average Bonchev–Trinajstić information content (AvgIpc) is 2.11. The summed E-state index contributed by atoms with van der Waals surface area (Å²) in [6.45, 7) is 0. The van der Waals surface area contributed by atoms with E-state index in [0.717, 1.165) is 38.0 Å². The summed E-state index contributed by atoms with van der Waals surface area (Å²) in [5, 5.41) is 10.4. The second-order valence-electron chi connectivity index (χ2n) is 5.46. The van der Waals surface area contributed by atoms with Crippen LogP contribution >= 0.6 is 11.6 Å². The van der Waals surface area contributed by atoms with Crippen molar-refractivity contribution >= 4 is 11.6 Å². The van der Waals surface area contributed by atoms with Gasteiger partial charge in [0, 0.05) is 16.7 Å². The average molecular weight is 211 g/mol. The zero-order valence-corrected chi connectivity index (χ0v) is 8.93. The Morgan fingerprint density at radius 1 is 1.21 bits per heavy atom. The lowest BCUT2D eigenvalue weighted by Gasteiger charge is -2.60. The highest BCUT2D eigenvalue weighted by atomic mass is 35.5. The van der Waals surface area contributed by atoms with Crippen molar-refractivity contribution in [2.45, 2.75) is 42.6 Å². The summed E-state index contributed by atoms with van der Waals surface area (Å²) in [5.74, 6) is 3.88. The number of alkyl halides is 1. The van der Waals surface area contributed by atoms with Gasteiger partial charge in [0.1, 0.15) is 5.60 Å². The van der Waals surface area contributed by atoms with E-state index in [1.807, 2.05) is 0 Å². The van der Waals surface area contributed by atoms with Gasteiger partial charge in [0.15, 0.2) is 0 Å². The molecule has 14 heavy (non-hydrogen) atoms. The summed E-state index contributed by atoms with van der Waals surface area (Å²) in [5.41, 5.74) is -0.838. The molecule has 0 heterocycles. The zero-order chi connectivity index (χ0) is 9.97. The Labute approximate surface area is 89.8 Å². The second-order valence-corrected chi connectivity index (χ2v) is 6.27. The molecular weight excluding hydrogens is 196 g/mol. The molecule has 2 atom stereocenters. The van der Waals surface area contributed by atoms with E-state index < -0.39 is 5.60 Å². The van der Waals surface area contributed by atoms with E-state index in [4.69, 9.17) is 18.0 Å². The Hall–Kier alpha value is -0.190. The van der Waals surface area contributed by atoms with Crippen LogP contribution in [0.25, 0.3) is 0 Å². The topological polar surface area (TPSA) is 20.2 Å². The van der Waals surface area contributed by atoms with E-state index >= 15 is 0 Å². The first-order valence-corrected chi connectivity index (χ1v) is 5.82. The first kappa shape index (κ1) is 9.07. The molecule has 0 aliphatic heterocycles. The molecule has 76 valence electrons. The monoisotopic (exact) mass is 210 g/mol. The maximum Gasteiger partial charge on any atom is 0.130 e. The standard InChI is InChI=1S/C12H15ClO/c1-2-12(14)9-3-8-4-10(12)7-11(13,5-8)6-9/h1,8-10,14H,3-7H2. The molecule has 0 amide bonds. The van der Waals surface area contributed by atoms with Crippen molar-refractivity contribution in [1.29, 1.82) is 0 Å². The summed E-state index contributed by atoms with van der Waals surface area (Å²) in [6, 6.07) is 0. The lowest BCUT2D eigenvalue weighted by atomic mass is 9.50. The van der Waals surface area contributed by atoms with Gasteiger partial charge >= 0.3 is 0 Å². The van der Waals surface area contributed by atoms with Gasteiger partial charge in [-0.15, -0.1) is 18.0 Å². The van der Waals surface area contributed by atoms with Crippen LogP contribution in [-0.2, 0) is 0 Å². The van der Waals surface area contributed by atoms with E-state index in [9.17, 15) is 5.11 Å². The van der Waals surface area contributed by atoms with Gasteiger partial charge in [-0.1, -0.05) is 5.92 Å². The maximum atomic E-state index is 10.4. The summed E-state index contributed by atoms with van der Waals surface area (Å²) in [4.78, 5) is -0.0282. The third-order valence-corrected chi connectivity index (χ3v) is 5.05. The van der Waals surface area contributed by atoms with Gasteiger partial charge in [0.2, 0.25) is 0 Å². The minimum absolute atomic E-state index is 0.0282. The Kier molecular flexibility index (Phi) is 1.61. The van der Waals surface area contributed by atoms with Gasteiger partial charge < -0.3 is 5.11 Å². The predicted molar refractivity (Wildman–Crippen MR) is 55.9 cm³/mol. The van der Waals surface area contributed by atoms with Crippen molar-refractivity contribution in [1.82, 2.24) is 0 Å². The molecule has 4 bridgehead atoms. The molecule has 0 aromatic rings. The Morgan fingerprint density at radius 2 is 1.79 bits per heavy atom. The van der Waals surface area contributed by atoms with Gasteiger partial charge in [-0.25, -0.2) is 0 Å². The fourth-order valence-corrected chi connectivity index (χ4v) is 4.72. The fourth-order valence-electron chi connectivity index (χ4n) is 4.12. The molecule has 0 saturated heterocycles. The van der Waals surface area contributed by atoms with Crippen LogP contribution < -0.4 is 0 Å². The highest BCUT2D eigenvalue weighted by Gasteiger charge is 2.60. The molecular formula is C12H15ClO. The van der Waals surface area contributed by atoms with Crippen LogP contribution in [0.1, 0.15) is 32.1 Å². The summed E-state index contributed by atoms with van der Waals surface area (Å²) >= 11 is 6.54. The molecule has 1 nitrogen and oxygen atoms in total. The molecule has 0 spiro atoms. The van der Waals surface area contributed by atoms with E-state index in [1.165, 1.54) is 0 Å². The minimum atomic E-state index is -0.838. The largest absolute Gasteiger partial charge is 0.377 e. The third-order valence-electron chi connectivity index (χ3n) is 4.59. The highest BCUT2D eigenvalue weighted by molar-refractivity contribution is 6.24. The van der Waals surface area contributed by atoms with Crippen molar-refractivity contribution in [2.75, 3.05) is 0 Å². The Balaban J connectivity index is 2.01. The molecule has 2 heteroatoms. The third kappa shape index (κ3) is 0.965. The Bertz CT molecular complexity index is 301. The quantitative estimate of drug-likeness (QED) is 0.480. The normalized spacial score (nSPS) is 59.9. The molecule has 1 N–H and O–H groups in total. The molecule has 4 aliphatic carbocycles.